The van der Waals surface area contributed by atoms with E-state index in [1.54, 1.807) is 0 Å². The summed E-state index contributed by atoms with van der Waals surface area (Å²) in [5, 5.41) is -0.0432. The first kappa shape index (κ1) is 13.5. The Labute approximate surface area is 101 Å². The zero-order valence-corrected chi connectivity index (χ0v) is 10.1. The van der Waals surface area contributed by atoms with Gasteiger partial charge in [0.05, 0.1) is 10.7 Å². The van der Waals surface area contributed by atoms with Crippen molar-refractivity contribution in [3.05, 3.63) is 33.3 Å². The van der Waals surface area contributed by atoms with Crippen molar-refractivity contribution in [2.24, 2.45) is 0 Å². The minimum Gasteiger partial charge on any atom is -0.396 e. The fourth-order valence-electron chi connectivity index (χ4n) is 0.906. The van der Waals surface area contributed by atoms with Gasteiger partial charge in [0.15, 0.2) is 0 Å². The Bertz CT molecular complexity index is 500. The molecule has 0 aromatic heterocycles. The molecule has 0 amide bonds. The summed E-state index contributed by atoms with van der Waals surface area (Å²) in [5.74, 6) is -0.713. The van der Waals surface area contributed by atoms with Crippen LogP contribution in [0.25, 0.3) is 6.08 Å². The number of nitrogen functional groups attached to an aromatic ring is 1. The third kappa shape index (κ3) is 3.20. The maximum Gasteiger partial charge on any atom is 0.367 e. The van der Waals surface area contributed by atoms with Gasteiger partial charge in [0.2, 0.25) is 0 Å². The molecule has 4 nitrogen and oxygen atoms in total. The highest BCUT2D eigenvalue weighted by atomic mass is 35.5. The third-order valence-corrected chi connectivity index (χ3v) is 3.45. The summed E-state index contributed by atoms with van der Waals surface area (Å²) in [4.78, 5) is 17.4. The molecule has 0 heterocycles. The van der Waals surface area contributed by atoms with Gasteiger partial charge in [-0.2, -0.15) is 0 Å². The van der Waals surface area contributed by atoms with Crippen LogP contribution in [0.3, 0.4) is 0 Å². The lowest BCUT2D eigenvalue weighted by molar-refractivity contribution is 0.385. The van der Waals surface area contributed by atoms with Crippen LogP contribution in [0.1, 0.15) is 5.56 Å². The maximum absolute atomic E-state index is 12.9. The molecule has 0 bridgehead atoms. The highest BCUT2D eigenvalue weighted by Gasteiger charge is 2.19. The molecule has 0 radical (unpaired) electrons. The summed E-state index contributed by atoms with van der Waals surface area (Å²) in [6, 6.07) is 2.07. The van der Waals surface area contributed by atoms with E-state index >= 15 is 0 Å². The lowest BCUT2D eigenvalue weighted by Gasteiger charge is -2.04. The van der Waals surface area contributed by atoms with Crippen LogP contribution in [0.2, 0.25) is 5.02 Å². The van der Waals surface area contributed by atoms with E-state index in [2.05, 4.69) is 0 Å². The first-order valence-corrected chi connectivity index (χ1v) is 6.26. The average Bonchev–Trinajstić information content (AvgIpc) is 2.12. The Hall–Kier alpha value is -0.580. The first-order valence-electron chi connectivity index (χ1n) is 3.89. The van der Waals surface area contributed by atoms with Crippen molar-refractivity contribution in [2.75, 3.05) is 5.73 Å². The van der Waals surface area contributed by atoms with Crippen molar-refractivity contribution in [3.8, 4) is 0 Å². The molecule has 0 saturated heterocycles. The molecule has 1 rings (SSSR count). The molecule has 1 aromatic carbocycles. The molecule has 88 valence electrons. The van der Waals surface area contributed by atoms with Crippen LogP contribution in [-0.4, -0.2) is 9.79 Å². The number of anilines is 1. The number of hydrogen-bond donors (Lipinski definition) is 3. The standard InChI is InChI=1S/C8H7Cl2FNO3P/c9-5-3-6(11)7(12)1-4(5)2-8(10)16(13,14)15/h1-3H,12H2,(H2,13,14,15)/b8-2+. The van der Waals surface area contributed by atoms with E-state index in [1.165, 1.54) is 0 Å². The van der Waals surface area contributed by atoms with Crippen LogP contribution in [-0.2, 0) is 4.57 Å². The highest BCUT2D eigenvalue weighted by molar-refractivity contribution is 7.59. The van der Waals surface area contributed by atoms with Gasteiger partial charge in [-0.3, -0.25) is 4.57 Å². The van der Waals surface area contributed by atoms with E-state index < -0.39 is 18.2 Å². The Balaban J connectivity index is 3.26. The lowest BCUT2D eigenvalue weighted by Crippen LogP contribution is -1.92. The molecular weight excluding hydrogens is 279 g/mol. The minimum atomic E-state index is -4.54. The maximum atomic E-state index is 12.9. The second kappa shape index (κ2) is 4.73. The molecule has 1 aromatic rings. The molecule has 8 heteroatoms. The van der Waals surface area contributed by atoms with Crippen molar-refractivity contribution in [1.29, 1.82) is 0 Å². The SMILES string of the molecule is Nc1cc(/C=C(\Cl)P(=O)(O)O)c(Cl)cc1F. The van der Waals surface area contributed by atoms with Gasteiger partial charge in [-0.05, 0) is 23.8 Å². The van der Waals surface area contributed by atoms with Gasteiger partial charge in [0.25, 0.3) is 0 Å². The van der Waals surface area contributed by atoms with Gasteiger partial charge in [-0.1, -0.05) is 23.2 Å². The van der Waals surface area contributed by atoms with E-state index in [9.17, 15) is 8.96 Å². The topological polar surface area (TPSA) is 83.6 Å². The van der Waals surface area contributed by atoms with E-state index in [0.29, 0.717) is 0 Å². The summed E-state index contributed by atoms with van der Waals surface area (Å²) in [6.07, 6.45) is 0.945. The molecule has 0 unspecified atom stereocenters. The number of rotatable bonds is 2. The molecule has 4 N–H and O–H groups in total. The van der Waals surface area contributed by atoms with Crippen LogP contribution < -0.4 is 5.73 Å². The quantitative estimate of drug-likeness (QED) is 0.576. The number of halogens is 3. The first-order chi connectivity index (χ1) is 7.21. The number of nitrogens with two attached hydrogens (primary N) is 1. The molecule has 0 aliphatic carbocycles. The predicted octanol–water partition coefficient (Wildman–Crippen LogP) is 2.78. The van der Waals surface area contributed by atoms with Gasteiger partial charge < -0.3 is 15.5 Å². The van der Waals surface area contributed by atoms with Crippen LogP contribution in [0.15, 0.2) is 16.9 Å². The monoisotopic (exact) mass is 285 g/mol. The average molecular weight is 286 g/mol. The van der Waals surface area contributed by atoms with E-state index in [1.807, 2.05) is 0 Å². The number of benzene rings is 1. The molecule has 0 spiro atoms. The van der Waals surface area contributed by atoms with E-state index in [-0.39, 0.29) is 16.3 Å². The smallest absolute Gasteiger partial charge is 0.367 e. The molecule has 0 aliphatic rings. The zero-order chi connectivity index (χ0) is 12.5. The second-order valence-corrected chi connectivity index (χ2v) is 5.55. The summed E-state index contributed by atoms with van der Waals surface area (Å²) in [5.41, 5.74) is 5.22. The largest absolute Gasteiger partial charge is 0.396 e. The van der Waals surface area contributed by atoms with Crippen LogP contribution in [0, 0.1) is 5.82 Å². The summed E-state index contributed by atoms with van der Waals surface area (Å²) >= 11 is 11.0. The Morgan fingerprint density at radius 2 is 2.06 bits per heavy atom. The molecular formula is C8H7Cl2FNO3P. The summed E-state index contributed by atoms with van der Waals surface area (Å²) in [7, 11) is -4.54. The fraction of sp³-hybridized carbons (Fsp3) is 0. The van der Waals surface area contributed by atoms with Crippen molar-refractivity contribution in [3.63, 3.8) is 0 Å². The minimum absolute atomic E-state index is 0.0432. The Morgan fingerprint density at radius 1 is 1.50 bits per heavy atom. The van der Waals surface area contributed by atoms with Crippen molar-refractivity contribution >= 4 is 42.6 Å². The molecule has 16 heavy (non-hydrogen) atoms. The van der Waals surface area contributed by atoms with Crippen molar-refractivity contribution in [2.45, 2.75) is 0 Å². The van der Waals surface area contributed by atoms with E-state index in [4.69, 9.17) is 38.7 Å². The number of hydrogen-bond acceptors (Lipinski definition) is 2. The Morgan fingerprint density at radius 3 is 2.56 bits per heavy atom. The Kier molecular flexibility index (Phi) is 3.99. The third-order valence-electron chi connectivity index (χ3n) is 1.67. The van der Waals surface area contributed by atoms with Gasteiger partial charge in [-0.15, -0.1) is 0 Å². The van der Waals surface area contributed by atoms with Gasteiger partial charge in [-0.25, -0.2) is 4.39 Å². The van der Waals surface area contributed by atoms with Gasteiger partial charge in [0, 0.05) is 0 Å². The summed E-state index contributed by atoms with van der Waals surface area (Å²) in [6.45, 7) is 0. The molecule has 0 fully saturated rings. The van der Waals surface area contributed by atoms with Crippen LogP contribution in [0.5, 0.6) is 0 Å². The normalized spacial score (nSPS) is 12.9. The molecule has 0 saturated carbocycles. The molecule has 0 atom stereocenters. The van der Waals surface area contributed by atoms with E-state index in [0.717, 1.165) is 18.2 Å². The molecule has 0 aliphatic heterocycles. The predicted molar refractivity (Wildman–Crippen MR) is 61.7 cm³/mol. The zero-order valence-electron chi connectivity index (χ0n) is 7.69. The second-order valence-electron chi connectivity index (χ2n) is 2.91. The van der Waals surface area contributed by atoms with Crippen LogP contribution in [0.4, 0.5) is 10.1 Å². The van der Waals surface area contributed by atoms with Crippen LogP contribution >= 0.6 is 30.8 Å². The highest BCUT2D eigenvalue weighted by Crippen LogP contribution is 2.48. The van der Waals surface area contributed by atoms with Gasteiger partial charge in [0.1, 0.15) is 10.6 Å². The lowest BCUT2D eigenvalue weighted by atomic mass is 10.2. The van der Waals surface area contributed by atoms with Gasteiger partial charge >= 0.3 is 7.60 Å². The van der Waals surface area contributed by atoms with Crippen molar-refractivity contribution < 1.29 is 18.7 Å². The fourth-order valence-corrected chi connectivity index (χ4v) is 1.54. The summed E-state index contributed by atoms with van der Waals surface area (Å²) < 4.78 is 23.0. The van der Waals surface area contributed by atoms with Crippen molar-refractivity contribution in [1.82, 2.24) is 0 Å².